The van der Waals surface area contributed by atoms with E-state index >= 15 is 0 Å². The molecule has 0 fully saturated rings. The van der Waals surface area contributed by atoms with E-state index in [1.54, 1.807) is 24.3 Å². The molecule has 2 aromatic carbocycles. The highest BCUT2D eigenvalue weighted by Crippen LogP contribution is 2.42. The van der Waals surface area contributed by atoms with Crippen molar-refractivity contribution in [2.24, 2.45) is 4.99 Å². The van der Waals surface area contributed by atoms with Crippen molar-refractivity contribution in [1.82, 2.24) is 0 Å². The molecule has 0 bridgehead atoms. The normalized spacial score (nSPS) is 20.0. The van der Waals surface area contributed by atoms with Gasteiger partial charge in [-0.3, -0.25) is 0 Å². The van der Waals surface area contributed by atoms with E-state index in [1.165, 1.54) is 19.1 Å². The lowest BCUT2D eigenvalue weighted by Gasteiger charge is -2.35. The predicted molar refractivity (Wildman–Crippen MR) is 83.1 cm³/mol. The van der Waals surface area contributed by atoms with Crippen LogP contribution in [0.5, 0.6) is 0 Å². The third-order valence-corrected chi connectivity index (χ3v) is 4.02. The highest BCUT2D eigenvalue weighted by atomic mass is 19.4. The Kier molecular flexibility index (Phi) is 4.26. The summed E-state index contributed by atoms with van der Waals surface area (Å²) in [5.41, 5.74) is -0.839. The molecule has 2 aromatic rings. The molecule has 1 unspecified atom stereocenters. The van der Waals surface area contributed by atoms with Crippen LogP contribution in [0, 0.1) is 0 Å². The number of fused-ring (bicyclic) bond motifs is 1. The molecule has 7 heteroatoms. The van der Waals surface area contributed by atoms with Crippen LogP contribution < -0.4 is 0 Å². The Balaban J connectivity index is 2.02. The van der Waals surface area contributed by atoms with Gasteiger partial charge in [0.15, 0.2) is 0 Å². The quantitative estimate of drug-likeness (QED) is 0.649. The van der Waals surface area contributed by atoms with Gasteiger partial charge in [0.2, 0.25) is 12.3 Å². The van der Waals surface area contributed by atoms with Gasteiger partial charge in [0.1, 0.15) is 5.60 Å². The number of ether oxygens (including phenoxy) is 1. The third-order valence-electron chi connectivity index (χ3n) is 4.02. The van der Waals surface area contributed by atoms with E-state index in [4.69, 9.17) is 4.74 Å². The van der Waals surface area contributed by atoms with Crippen LogP contribution in [0.2, 0.25) is 0 Å². The molecule has 0 aromatic heterocycles. The van der Waals surface area contributed by atoms with Gasteiger partial charge in [0, 0.05) is 11.1 Å². The summed E-state index contributed by atoms with van der Waals surface area (Å²) in [6.07, 6.45) is -7.61. The van der Waals surface area contributed by atoms with E-state index in [1.807, 2.05) is 0 Å². The van der Waals surface area contributed by atoms with Crippen molar-refractivity contribution in [2.45, 2.75) is 31.5 Å². The fraction of sp³-hybridized carbons (Fsp3) is 0.278. The third kappa shape index (κ3) is 3.50. The molecule has 132 valence electrons. The number of aliphatic imine (C=N–C) groups is 1. The first-order valence-electron chi connectivity index (χ1n) is 7.52. The first kappa shape index (κ1) is 17.4. The van der Waals surface area contributed by atoms with Gasteiger partial charge in [-0.25, -0.2) is 13.8 Å². The number of rotatable bonds is 3. The molecule has 1 atom stereocenters. The van der Waals surface area contributed by atoms with Crippen molar-refractivity contribution in [1.29, 1.82) is 0 Å². The summed E-state index contributed by atoms with van der Waals surface area (Å²) in [7, 11) is 0. The van der Waals surface area contributed by atoms with Gasteiger partial charge in [-0.15, -0.1) is 0 Å². The van der Waals surface area contributed by atoms with Crippen LogP contribution in [0.25, 0.3) is 0 Å². The van der Waals surface area contributed by atoms with Gasteiger partial charge in [-0.2, -0.15) is 13.2 Å². The largest absolute Gasteiger partial charge is 0.466 e. The van der Waals surface area contributed by atoms with Gasteiger partial charge in [0.25, 0.3) is 0 Å². The van der Waals surface area contributed by atoms with Crippen LogP contribution in [-0.2, 0) is 16.5 Å². The Morgan fingerprint density at radius 3 is 2.28 bits per heavy atom. The molecule has 25 heavy (non-hydrogen) atoms. The van der Waals surface area contributed by atoms with E-state index in [2.05, 4.69) is 4.99 Å². The minimum absolute atomic E-state index is 0.0237. The number of alkyl halides is 5. The standard InChI is InChI=1S/C18H14F5NO/c1-17(10-15(19)20)13-4-2-3-5-14(13)24-16(25-17)11-6-8-12(9-7-11)18(21,22)23/h2-9,15H,10H2,1H3. The average Bonchev–Trinajstić information content (AvgIpc) is 2.53. The molecule has 0 radical (unpaired) electrons. The number of hydrogen-bond acceptors (Lipinski definition) is 2. The smallest absolute Gasteiger partial charge is 0.416 e. The van der Waals surface area contributed by atoms with Gasteiger partial charge in [-0.05, 0) is 37.3 Å². The minimum atomic E-state index is -4.45. The summed E-state index contributed by atoms with van der Waals surface area (Å²) in [5, 5.41) is 0. The Morgan fingerprint density at radius 2 is 1.68 bits per heavy atom. The lowest BCUT2D eigenvalue weighted by molar-refractivity contribution is -0.137. The Labute approximate surface area is 141 Å². The van der Waals surface area contributed by atoms with E-state index in [0.29, 0.717) is 16.8 Å². The van der Waals surface area contributed by atoms with Gasteiger partial charge >= 0.3 is 6.18 Å². The number of halogens is 5. The topological polar surface area (TPSA) is 21.6 Å². The Hall–Kier alpha value is -2.44. The van der Waals surface area contributed by atoms with Crippen LogP contribution in [0.1, 0.15) is 30.0 Å². The SMILES string of the molecule is CC1(CC(F)F)OC(c2ccc(C(F)(F)F)cc2)=Nc2ccccc21. The molecule has 3 rings (SSSR count). The second-order valence-corrected chi connectivity index (χ2v) is 5.94. The van der Waals surface area contributed by atoms with Crippen LogP contribution in [0.3, 0.4) is 0 Å². The van der Waals surface area contributed by atoms with Crippen molar-refractivity contribution in [3.63, 3.8) is 0 Å². The molecule has 1 aliphatic heterocycles. The Bertz CT molecular complexity index is 798. The van der Waals surface area contributed by atoms with Crippen LogP contribution >= 0.6 is 0 Å². The van der Waals surface area contributed by atoms with Gasteiger partial charge in [0.05, 0.1) is 17.7 Å². The monoisotopic (exact) mass is 355 g/mol. The molecular formula is C18H14F5NO. The summed E-state index contributed by atoms with van der Waals surface area (Å²) in [5.74, 6) is 0.0237. The zero-order valence-electron chi connectivity index (χ0n) is 13.1. The maximum Gasteiger partial charge on any atom is 0.416 e. The van der Waals surface area contributed by atoms with Crippen molar-refractivity contribution in [3.8, 4) is 0 Å². The highest BCUT2D eigenvalue weighted by Gasteiger charge is 2.39. The molecule has 0 amide bonds. The molecular weight excluding hydrogens is 341 g/mol. The summed E-state index contributed by atoms with van der Waals surface area (Å²) in [4.78, 5) is 4.28. The molecule has 0 aliphatic carbocycles. The fourth-order valence-corrected chi connectivity index (χ4v) is 2.79. The van der Waals surface area contributed by atoms with E-state index in [0.717, 1.165) is 12.1 Å². The molecule has 0 spiro atoms. The second kappa shape index (κ2) is 6.13. The zero-order chi connectivity index (χ0) is 18.2. The van der Waals surface area contributed by atoms with Crippen molar-refractivity contribution < 1.29 is 26.7 Å². The lowest BCUT2D eigenvalue weighted by atomic mass is 9.89. The van der Waals surface area contributed by atoms with Crippen LogP contribution in [0.4, 0.5) is 27.6 Å². The first-order valence-corrected chi connectivity index (χ1v) is 7.52. The average molecular weight is 355 g/mol. The number of benzene rings is 2. The first-order chi connectivity index (χ1) is 11.7. The van der Waals surface area contributed by atoms with E-state index in [-0.39, 0.29) is 5.90 Å². The lowest BCUT2D eigenvalue weighted by Crippen LogP contribution is -2.34. The number of hydrogen-bond donors (Lipinski definition) is 0. The maximum atomic E-state index is 13.0. The van der Waals surface area contributed by atoms with Crippen LogP contribution in [-0.4, -0.2) is 12.3 Å². The molecule has 1 aliphatic rings. The fourth-order valence-electron chi connectivity index (χ4n) is 2.79. The molecule has 0 saturated carbocycles. The second-order valence-electron chi connectivity index (χ2n) is 5.94. The van der Waals surface area contributed by atoms with Gasteiger partial charge < -0.3 is 4.74 Å². The van der Waals surface area contributed by atoms with E-state index < -0.39 is 30.2 Å². The predicted octanol–water partition coefficient (Wildman–Crippen LogP) is 5.68. The molecule has 2 nitrogen and oxygen atoms in total. The number of para-hydroxylation sites is 1. The van der Waals surface area contributed by atoms with Crippen molar-refractivity contribution >= 4 is 11.6 Å². The summed E-state index contributed by atoms with van der Waals surface area (Å²) in [6.45, 7) is 1.52. The molecule has 0 saturated heterocycles. The van der Waals surface area contributed by atoms with Crippen LogP contribution in [0.15, 0.2) is 53.5 Å². The van der Waals surface area contributed by atoms with Gasteiger partial charge in [-0.1, -0.05) is 18.2 Å². The number of nitrogens with zero attached hydrogens (tertiary/aromatic N) is 1. The summed E-state index contributed by atoms with van der Waals surface area (Å²) < 4.78 is 69.8. The highest BCUT2D eigenvalue weighted by molar-refractivity contribution is 5.97. The Morgan fingerprint density at radius 1 is 1.04 bits per heavy atom. The zero-order valence-corrected chi connectivity index (χ0v) is 13.1. The molecule has 1 heterocycles. The maximum absolute atomic E-state index is 13.0. The molecule has 0 N–H and O–H groups in total. The minimum Gasteiger partial charge on any atom is -0.466 e. The summed E-state index contributed by atoms with van der Waals surface area (Å²) >= 11 is 0. The van der Waals surface area contributed by atoms with Crippen molar-refractivity contribution in [3.05, 3.63) is 65.2 Å². The van der Waals surface area contributed by atoms with Crippen molar-refractivity contribution in [2.75, 3.05) is 0 Å². The van der Waals surface area contributed by atoms with E-state index in [9.17, 15) is 22.0 Å². The summed E-state index contributed by atoms with van der Waals surface area (Å²) in [6, 6.07) is 11.0.